The Balaban J connectivity index is 2.32. The van der Waals surface area contributed by atoms with Crippen molar-refractivity contribution < 1.29 is 9.90 Å². The molecule has 19 heavy (non-hydrogen) atoms. The summed E-state index contributed by atoms with van der Waals surface area (Å²) in [5.41, 5.74) is 1.92. The Morgan fingerprint density at radius 3 is 2.63 bits per heavy atom. The fraction of sp³-hybridized carbons (Fsp3) is 0.286. The number of aliphatic carboxylic acids is 1. The van der Waals surface area contributed by atoms with Crippen LogP contribution in [0.4, 0.5) is 0 Å². The van der Waals surface area contributed by atoms with Crippen LogP contribution in [0.15, 0.2) is 41.4 Å². The summed E-state index contributed by atoms with van der Waals surface area (Å²) in [4.78, 5) is 10.7. The number of rotatable bonds is 5. The molecule has 1 N–H and O–H groups in total. The van der Waals surface area contributed by atoms with Gasteiger partial charge in [0.2, 0.25) is 0 Å². The minimum absolute atomic E-state index is 0.0483. The van der Waals surface area contributed by atoms with Crippen molar-refractivity contribution >= 4 is 17.7 Å². The van der Waals surface area contributed by atoms with Crippen molar-refractivity contribution in [3.05, 3.63) is 36.4 Å². The number of aromatic nitrogens is 2. The number of hydrogen-bond acceptors (Lipinski definition) is 3. The standard InChI is InChI=1S/C14H16N2O2S/c1-10(2)16-13(19-9-14(17)18)8-12(15-16)11-6-4-3-5-7-11/h3-8,10H,9H2,1-2H3,(H,17,18). The molecule has 0 amide bonds. The van der Waals surface area contributed by atoms with Crippen LogP contribution in [-0.2, 0) is 4.79 Å². The maximum Gasteiger partial charge on any atom is 0.313 e. The number of thioether (sulfide) groups is 1. The minimum Gasteiger partial charge on any atom is -0.481 e. The van der Waals surface area contributed by atoms with Crippen LogP contribution in [0.1, 0.15) is 19.9 Å². The molecule has 0 saturated heterocycles. The maximum atomic E-state index is 10.7. The Morgan fingerprint density at radius 2 is 2.05 bits per heavy atom. The van der Waals surface area contributed by atoms with E-state index in [2.05, 4.69) is 5.10 Å². The lowest BCUT2D eigenvalue weighted by molar-refractivity contribution is -0.133. The molecule has 4 nitrogen and oxygen atoms in total. The SMILES string of the molecule is CC(C)n1nc(-c2ccccc2)cc1SCC(=O)O. The number of benzene rings is 1. The van der Waals surface area contributed by atoms with E-state index in [0.717, 1.165) is 16.3 Å². The topological polar surface area (TPSA) is 55.1 Å². The van der Waals surface area contributed by atoms with Crippen LogP contribution in [-0.4, -0.2) is 26.6 Å². The average molecular weight is 276 g/mol. The van der Waals surface area contributed by atoms with Crippen molar-refractivity contribution in [2.45, 2.75) is 24.9 Å². The monoisotopic (exact) mass is 276 g/mol. The van der Waals surface area contributed by atoms with Gasteiger partial charge >= 0.3 is 5.97 Å². The highest BCUT2D eigenvalue weighted by atomic mass is 32.2. The Kier molecular flexibility index (Phi) is 4.27. The molecule has 2 rings (SSSR count). The van der Waals surface area contributed by atoms with Gasteiger partial charge in [-0.1, -0.05) is 42.1 Å². The number of carboxylic acid groups (broad SMARTS) is 1. The largest absolute Gasteiger partial charge is 0.481 e. The fourth-order valence-corrected chi connectivity index (χ4v) is 2.59. The molecular formula is C14H16N2O2S. The molecule has 0 bridgehead atoms. The van der Waals surface area contributed by atoms with Gasteiger partial charge in [-0.05, 0) is 19.9 Å². The van der Waals surface area contributed by atoms with Gasteiger partial charge in [0, 0.05) is 11.6 Å². The Bertz CT molecular complexity index is 564. The van der Waals surface area contributed by atoms with Gasteiger partial charge in [0.25, 0.3) is 0 Å². The summed E-state index contributed by atoms with van der Waals surface area (Å²) in [6.45, 7) is 4.07. The summed E-state index contributed by atoms with van der Waals surface area (Å²) in [7, 11) is 0. The number of nitrogens with zero attached hydrogens (tertiary/aromatic N) is 2. The van der Waals surface area contributed by atoms with E-state index in [-0.39, 0.29) is 11.8 Å². The Hall–Kier alpha value is -1.75. The molecule has 1 aromatic heterocycles. The molecule has 0 aliphatic heterocycles. The molecule has 1 aromatic carbocycles. The Morgan fingerprint density at radius 1 is 1.37 bits per heavy atom. The number of carboxylic acids is 1. The lowest BCUT2D eigenvalue weighted by Gasteiger charge is -2.09. The molecule has 0 spiro atoms. The highest BCUT2D eigenvalue weighted by Crippen LogP contribution is 2.27. The third kappa shape index (κ3) is 3.38. The summed E-state index contributed by atoms with van der Waals surface area (Å²) in [6.07, 6.45) is 0. The fourth-order valence-electron chi connectivity index (χ4n) is 1.74. The molecule has 0 aliphatic rings. The van der Waals surface area contributed by atoms with Crippen molar-refractivity contribution in [3.8, 4) is 11.3 Å². The maximum absolute atomic E-state index is 10.7. The highest BCUT2D eigenvalue weighted by molar-refractivity contribution is 7.99. The highest BCUT2D eigenvalue weighted by Gasteiger charge is 2.13. The van der Waals surface area contributed by atoms with Crippen molar-refractivity contribution in [2.24, 2.45) is 0 Å². The zero-order valence-electron chi connectivity index (χ0n) is 10.9. The van der Waals surface area contributed by atoms with Crippen molar-refractivity contribution in [1.82, 2.24) is 9.78 Å². The number of hydrogen-bond donors (Lipinski definition) is 1. The van der Waals surface area contributed by atoms with Gasteiger partial charge in [-0.25, -0.2) is 0 Å². The van der Waals surface area contributed by atoms with Gasteiger partial charge in [0.15, 0.2) is 0 Å². The van der Waals surface area contributed by atoms with Gasteiger partial charge in [0.1, 0.15) is 0 Å². The van der Waals surface area contributed by atoms with Crippen LogP contribution in [0.3, 0.4) is 0 Å². The molecule has 0 unspecified atom stereocenters. The van der Waals surface area contributed by atoms with Crippen LogP contribution >= 0.6 is 11.8 Å². The zero-order chi connectivity index (χ0) is 13.8. The van der Waals surface area contributed by atoms with E-state index in [1.807, 2.05) is 54.9 Å². The Labute approximate surface area is 116 Å². The normalized spacial score (nSPS) is 10.9. The van der Waals surface area contributed by atoms with E-state index in [1.165, 1.54) is 11.8 Å². The molecule has 100 valence electrons. The molecule has 1 heterocycles. The zero-order valence-corrected chi connectivity index (χ0v) is 11.7. The molecule has 0 atom stereocenters. The van der Waals surface area contributed by atoms with Crippen molar-refractivity contribution in [1.29, 1.82) is 0 Å². The first-order chi connectivity index (χ1) is 9.08. The van der Waals surface area contributed by atoms with Crippen LogP contribution in [0.2, 0.25) is 0 Å². The summed E-state index contributed by atoms with van der Waals surface area (Å²) in [5.74, 6) is -0.769. The lowest BCUT2D eigenvalue weighted by atomic mass is 10.2. The molecular weight excluding hydrogens is 260 g/mol. The van der Waals surface area contributed by atoms with Crippen LogP contribution in [0.25, 0.3) is 11.3 Å². The van der Waals surface area contributed by atoms with E-state index >= 15 is 0 Å². The van der Waals surface area contributed by atoms with Crippen LogP contribution < -0.4 is 0 Å². The minimum atomic E-state index is -0.817. The number of carbonyl (C=O) groups is 1. The summed E-state index contributed by atoms with van der Waals surface area (Å²) in [6, 6.07) is 12.0. The van der Waals surface area contributed by atoms with Gasteiger partial charge < -0.3 is 5.11 Å². The van der Waals surface area contributed by atoms with Crippen molar-refractivity contribution in [3.63, 3.8) is 0 Å². The van der Waals surface area contributed by atoms with Gasteiger partial charge in [-0.2, -0.15) is 5.10 Å². The second-order valence-electron chi connectivity index (χ2n) is 4.45. The van der Waals surface area contributed by atoms with Gasteiger partial charge in [-0.15, -0.1) is 0 Å². The van der Waals surface area contributed by atoms with E-state index in [4.69, 9.17) is 5.11 Å². The van der Waals surface area contributed by atoms with Gasteiger partial charge in [0.05, 0.1) is 16.5 Å². The van der Waals surface area contributed by atoms with E-state index < -0.39 is 5.97 Å². The smallest absolute Gasteiger partial charge is 0.313 e. The predicted molar refractivity (Wildman–Crippen MR) is 76.4 cm³/mol. The van der Waals surface area contributed by atoms with Crippen molar-refractivity contribution in [2.75, 3.05) is 5.75 Å². The first kappa shape index (κ1) is 13.7. The predicted octanol–water partition coefficient (Wildman–Crippen LogP) is 3.31. The third-order valence-electron chi connectivity index (χ3n) is 2.60. The van der Waals surface area contributed by atoms with Crippen LogP contribution in [0.5, 0.6) is 0 Å². The molecule has 0 fully saturated rings. The average Bonchev–Trinajstić information content (AvgIpc) is 2.81. The lowest BCUT2D eigenvalue weighted by Crippen LogP contribution is -2.06. The molecule has 5 heteroatoms. The quantitative estimate of drug-likeness (QED) is 0.851. The molecule has 0 radical (unpaired) electrons. The summed E-state index contributed by atoms with van der Waals surface area (Å²) in [5, 5.41) is 14.2. The summed E-state index contributed by atoms with van der Waals surface area (Å²) < 4.78 is 1.87. The van der Waals surface area contributed by atoms with E-state index in [9.17, 15) is 4.79 Å². The third-order valence-corrected chi connectivity index (χ3v) is 3.60. The molecule has 0 saturated carbocycles. The molecule has 0 aliphatic carbocycles. The van der Waals surface area contributed by atoms with E-state index in [1.54, 1.807) is 0 Å². The van der Waals surface area contributed by atoms with Gasteiger partial charge in [-0.3, -0.25) is 9.48 Å². The molecule has 2 aromatic rings. The summed E-state index contributed by atoms with van der Waals surface area (Å²) >= 11 is 1.30. The van der Waals surface area contributed by atoms with E-state index in [0.29, 0.717) is 0 Å². The van der Waals surface area contributed by atoms with Crippen LogP contribution in [0, 0.1) is 0 Å². The first-order valence-electron chi connectivity index (χ1n) is 6.07. The second-order valence-corrected chi connectivity index (χ2v) is 5.45. The second kappa shape index (κ2) is 5.93. The first-order valence-corrected chi connectivity index (χ1v) is 7.06.